The van der Waals surface area contributed by atoms with Gasteiger partial charge in [-0.2, -0.15) is 5.26 Å². The second-order valence-corrected chi connectivity index (χ2v) is 6.68. The van der Waals surface area contributed by atoms with Gasteiger partial charge in [0, 0.05) is 19.1 Å². The normalized spacial score (nSPS) is 28.9. The minimum absolute atomic E-state index is 0.138. The number of hydrogen-bond acceptors (Lipinski definition) is 3. The molecular weight excluding hydrogens is 222 g/mol. The number of unbranched alkanes of at least 4 members (excludes halogenated alkanes) is 1. The molecule has 0 radical (unpaired) electrons. The van der Waals surface area contributed by atoms with Crippen LogP contribution in [-0.4, -0.2) is 37.1 Å². The molecule has 3 nitrogen and oxygen atoms in total. The highest BCUT2D eigenvalue weighted by molar-refractivity contribution is 4.93. The van der Waals surface area contributed by atoms with Crippen LogP contribution in [0.1, 0.15) is 46.0 Å². The van der Waals surface area contributed by atoms with Crippen LogP contribution >= 0.6 is 0 Å². The molecule has 102 valence electrons. The van der Waals surface area contributed by atoms with Gasteiger partial charge in [0.2, 0.25) is 0 Å². The van der Waals surface area contributed by atoms with Gasteiger partial charge in [-0.3, -0.25) is 0 Å². The summed E-state index contributed by atoms with van der Waals surface area (Å²) in [5.74, 6) is 0.897. The summed E-state index contributed by atoms with van der Waals surface area (Å²) in [6.07, 6.45) is 6.22. The SMILES string of the molecule is CC(C)(C#N)CCCCN1CC2CCCNC2C1. The van der Waals surface area contributed by atoms with E-state index in [1.165, 1.54) is 51.9 Å². The van der Waals surface area contributed by atoms with E-state index in [2.05, 4.69) is 16.3 Å². The molecule has 1 N–H and O–H groups in total. The smallest absolute Gasteiger partial charge is 0.0683 e. The third kappa shape index (κ3) is 3.70. The molecule has 0 amide bonds. The highest BCUT2D eigenvalue weighted by Gasteiger charge is 2.33. The Kier molecular flexibility index (Phi) is 4.64. The predicted molar refractivity (Wildman–Crippen MR) is 74.2 cm³/mol. The van der Waals surface area contributed by atoms with Gasteiger partial charge in [0.1, 0.15) is 0 Å². The van der Waals surface area contributed by atoms with E-state index in [0.717, 1.165) is 18.4 Å². The zero-order chi connectivity index (χ0) is 13.0. The molecule has 2 aliphatic rings. The lowest BCUT2D eigenvalue weighted by atomic mass is 9.89. The van der Waals surface area contributed by atoms with Crippen LogP contribution in [0.15, 0.2) is 0 Å². The summed E-state index contributed by atoms with van der Waals surface area (Å²) in [7, 11) is 0. The molecule has 2 saturated heterocycles. The van der Waals surface area contributed by atoms with Crippen molar-refractivity contribution in [3.63, 3.8) is 0 Å². The molecule has 0 aromatic heterocycles. The number of hydrogen-bond donors (Lipinski definition) is 1. The van der Waals surface area contributed by atoms with E-state index in [1.807, 2.05) is 13.8 Å². The van der Waals surface area contributed by atoms with Crippen molar-refractivity contribution < 1.29 is 0 Å². The fraction of sp³-hybridized carbons (Fsp3) is 0.933. The van der Waals surface area contributed by atoms with Gasteiger partial charge in [-0.05, 0) is 58.5 Å². The van der Waals surface area contributed by atoms with Crippen molar-refractivity contribution in [2.75, 3.05) is 26.2 Å². The number of nitriles is 1. The zero-order valence-electron chi connectivity index (χ0n) is 11.9. The lowest BCUT2D eigenvalue weighted by molar-refractivity contribution is 0.303. The molecule has 2 fully saturated rings. The summed E-state index contributed by atoms with van der Waals surface area (Å²) in [6.45, 7) is 9.05. The van der Waals surface area contributed by atoms with E-state index in [1.54, 1.807) is 0 Å². The maximum Gasteiger partial charge on any atom is 0.0683 e. The van der Waals surface area contributed by atoms with E-state index in [0.29, 0.717) is 0 Å². The van der Waals surface area contributed by atoms with Gasteiger partial charge in [-0.1, -0.05) is 6.42 Å². The summed E-state index contributed by atoms with van der Waals surface area (Å²) in [5, 5.41) is 12.6. The highest BCUT2D eigenvalue weighted by atomic mass is 15.2. The van der Waals surface area contributed by atoms with Crippen LogP contribution in [0.4, 0.5) is 0 Å². The fourth-order valence-corrected chi connectivity index (χ4v) is 3.28. The third-order valence-electron chi connectivity index (χ3n) is 4.50. The number of nitrogens with zero attached hydrogens (tertiary/aromatic N) is 2. The van der Waals surface area contributed by atoms with E-state index >= 15 is 0 Å². The van der Waals surface area contributed by atoms with Crippen molar-refractivity contribution in [3.8, 4) is 6.07 Å². The second kappa shape index (κ2) is 6.04. The number of rotatable bonds is 5. The molecule has 0 aromatic carbocycles. The topological polar surface area (TPSA) is 39.1 Å². The second-order valence-electron chi connectivity index (χ2n) is 6.68. The third-order valence-corrected chi connectivity index (χ3v) is 4.50. The number of fused-ring (bicyclic) bond motifs is 1. The summed E-state index contributed by atoms with van der Waals surface area (Å²) < 4.78 is 0. The zero-order valence-corrected chi connectivity index (χ0v) is 11.9. The first-order chi connectivity index (χ1) is 8.61. The lowest BCUT2D eigenvalue weighted by Crippen LogP contribution is -2.40. The molecule has 2 aliphatic heterocycles. The Morgan fingerprint density at radius 1 is 1.33 bits per heavy atom. The van der Waals surface area contributed by atoms with Crippen LogP contribution in [0.25, 0.3) is 0 Å². The Morgan fingerprint density at radius 2 is 2.17 bits per heavy atom. The van der Waals surface area contributed by atoms with Crippen LogP contribution < -0.4 is 5.32 Å². The summed E-state index contributed by atoms with van der Waals surface area (Å²) in [5.41, 5.74) is -0.138. The molecule has 0 spiro atoms. The van der Waals surface area contributed by atoms with E-state index in [9.17, 15) is 0 Å². The molecule has 2 atom stereocenters. The average Bonchev–Trinajstić information content (AvgIpc) is 2.77. The van der Waals surface area contributed by atoms with Gasteiger partial charge in [-0.15, -0.1) is 0 Å². The van der Waals surface area contributed by atoms with Crippen molar-refractivity contribution in [2.45, 2.75) is 52.0 Å². The standard InChI is InChI=1S/C15H27N3/c1-15(2,12-16)7-3-4-9-18-10-13-6-5-8-17-14(13)11-18/h13-14,17H,3-11H2,1-2H3. The van der Waals surface area contributed by atoms with Crippen LogP contribution in [-0.2, 0) is 0 Å². The largest absolute Gasteiger partial charge is 0.312 e. The molecule has 0 aliphatic carbocycles. The van der Waals surface area contributed by atoms with Crippen molar-refractivity contribution >= 4 is 0 Å². The number of likely N-dealkylation sites (tertiary alicyclic amines) is 1. The minimum atomic E-state index is -0.138. The Balaban J connectivity index is 1.62. The first-order valence-electron chi connectivity index (χ1n) is 7.48. The van der Waals surface area contributed by atoms with Gasteiger partial charge in [0.25, 0.3) is 0 Å². The lowest BCUT2D eigenvalue weighted by Gasteiger charge is -2.24. The van der Waals surface area contributed by atoms with Crippen LogP contribution in [0, 0.1) is 22.7 Å². The Hall–Kier alpha value is -0.590. The molecular formula is C15H27N3. The minimum Gasteiger partial charge on any atom is -0.312 e. The molecule has 18 heavy (non-hydrogen) atoms. The highest BCUT2D eigenvalue weighted by Crippen LogP contribution is 2.26. The maximum atomic E-state index is 8.98. The van der Waals surface area contributed by atoms with Gasteiger partial charge in [0.05, 0.1) is 11.5 Å². The molecule has 0 bridgehead atoms. The first-order valence-corrected chi connectivity index (χ1v) is 7.48. The van der Waals surface area contributed by atoms with Crippen LogP contribution in [0.3, 0.4) is 0 Å². The van der Waals surface area contributed by atoms with Crippen molar-refractivity contribution in [3.05, 3.63) is 0 Å². The average molecular weight is 249 g/mol. The predicted octanol–water partition coefficient (Wildman–Crippen LogP) is 2.39. The quantitative estimate of drug-likeness (QED) is 0.760. The first kappa shape index (κ1) is 13.8. The Labute approximate surface area is 112 Å². The van der Waals surface area contributed by atoms with Crippen molar-refractivity contribution in [1.29, 1.82) is 5.26 Å². The number of piperidine rings is 1. The maximum absolute atomic E-state index is 8.98. The number of nitrogens with one attached hydrogen (secondary N) is 1. The van der Waals surface area contributed by atoms with Gasteiger partial charge < -0.3 is 10.2 Å². The summed E-state index contributed by atoms with van der Waals surface area (Å²) in [6, 6.07) is 3.15. The van der Waals surface area contributed by atoms with Gasteiger partial charge >= 0.3 is 0 Å². The van der Waals surface area contributed by atoms with Crippen LogP contribution in [0.2, 0.25) is 0 Å². The molecule has 0 saturated carbocycles. The van der Waals surface area contributed by atoms with Gasteiger partial charge in [-0.25, -0.2) is 0 Å². The van der Waals surface area contributed by atoms with Crippen molar-refractivity contribution in [2.24, 2.45) is 11.3 Å². The molecule has 2 heterocycles. The van der Waals surface area contributed by atoms with Crippen LogP contribution in [0.5, 0.6) is 0 Å². The van der Waals surface area contributed by atoms with Gasteiger partial charge in [0.15, 0.2) is 0 Å². The van der Waals surface area contributed by atoms with E-state index in [-0.39, 0.29) is 5.41 Å². The summed E-state index contributed by atoms with van der Waals surface area (Å²) >= 11 is 0. The molecule has 0 aromatic rings. The van der Waals surface area contributed by atoms with E-state index in [4.69, 9.17) is 5.26 Å². The Bertz CT molecular complexity index is 291. The molecule has 2 unspecified atom stereocenters. The Morgan fingerprint density at radius 3 is 2.89 bits per heavy atom. The molecule has 3 heteroatoms. The van der Waals surface area contributed by atoms with E-state index < -0.39 is 0 Å². The fourth-order valence-electron chi connectivity index (χ4n) is 3.28. The monoisotopic (exact) mass is 249 g/mol. The van der Waals surface area contributed by atoms with Crippen molar-refractivity contribution in [1.82, 2.24) is 10.2 Å². The molecule has 2 rings (SSSR count). The summed E-state index contributed by atoms with van der Waals surface area (Å²) in [4.78, 5) is 2.62.